The lowest BCUT2D eigenvalue weighted by Crippen LogP contribution is -2.16. The first-order valence-electron chi connectivity index (χ1n) is 5.20. The molecule has 13 heavy (non-hydrogen) atoms. The topological polar surface area (TPSA) is 44.5 Å². The molecule has 80 valence electrons. The number of ether oxygens (including phenoxy) is 2. The normalized spacial score (nSPS) is 13.2. The Labute approximate surface area is 81.6 Å². The van der Waals surface area contributed by atoms with E-state index in [1.807, 2.05) is 13.8 Å². The minimum absolute atomic E-state index is 0.220. The van der Waals surface area contributed by atoms with Crippen molar-refractivity contribution in [3.05, 3.63) is 0 Å². The van der Waals surface area contributed by atoms with Crippen molar-refractivity contribution < 1.29 is 9.47 Å². The van der Waals surface area contributed by atoms with E-state index in [2.05, 4.69) is 0 Å². The van der Waals surface area contributed by atoms with E-state index in [1.54, 1.807) is 0 Å². The molecule has 0 fully saturated rings. The molecule has 0 spiro atoms. The third kappa shape index (κ3) is 9.80. The van der Waals surface area contributed by atoms with Crippen LogP contribution in [0, 0.1) is 0 Å². The monoisotopic (exact) mass is 189 g/mol. The quantitative estimate of drug-likeness (QED) is 0.560. The van der Waals surface area contributed by atoms with Crippen LogP contribution in [-0.2, 0) is 9.47 Å². The van der Waals surface area contributed by atoms with E-state index in [9.17, 15) is 0 Å². The number of rotatable bonds is 9. The molecule has 0 aliphatic heterocycles. The van der Waals surface area contributed by atoms with Gasteiger partial charge in [-0.3, -0.25) is 0 Å². The Kier molecular flexibility index (Phi) is 9.87. The second kappa shape index (κ2) is 9.96. The standard InChI is InChI=1S/C10H23NO2/c1-3-12-9-10(2)13-8-6-4-5-7-11/h10H,3-9,11H2,1-2H3. The van der Waals surface area contributed by atoms with Gasteiger partial charge < -0.3 is 15.2 Å². The van der Waals surface area contributed by atoms with E-state index < -0.39 is 0 Å². The average molecular weight is 189 g/mol. The van der Waals surface area contributed by atoms with Gasteiger partial charge >= 0.3 is 0 Å². The van der Waals surface area contributed by atoms with Gasteiger partial charge in [0.2, 0.25) is 0 Å². The van der Waals surface area contributed by atoms with Gasteiger partial charge in [0.25, 0.3) is 0 Å². The Morgan fingerprint density at radius 3 is 2.62 bits per heavy atom. The number of hydrogen-bond acceptors (Lipinski definition) is 3. The molecule has 0 rings (SSSR count). The Balaban J connectivity index is 3.03. The van der Waals surface area contributed by atoms with E-state index in [0.29, 0.717) is 6.61 Å². The van der Waals surface area contributed by atoms with Crippen molar-refractivity contribution in [3.63, 3.8) is 0 Å². The zero-order valence-electron chi connectivity index (χ0n) is 8.92. The molecule has 0 amide bonds. The lowest BCUT2D eigenvalue weighted by Gasteiger charge is -2.12. The average Bonchev–Trinajstić information content (AvgIpc) is 2.14. The molecule has 3 nitrogen and oxygen atoms in total. The molecule has 0 bridgehead atoms. The zero-order chi connectivity index (χ0) is 9.94. The maximum Gasteiger partial charge on any atom is 0.0780 e. The van der Waals surface area contributed by atoms with Crippen LogP contribution in [0.1, 0.15) is 33.1 Å². The van der Waals surface area contributed by atoms with Crippen molar-refractivity contribution in [1.82, 2.24) is 0 Å². The van der Waals surface area contributed by atoms with Crippen LogP contribution in [-0.4, -0.2) is 32.5 Å². The van der Waals surface area contributed by atoms with Gasteiger partial charge in [0.05, 0.1) is 12.7 Å². The first-order chi connectivity index (χ1) is 6.31. The van der Waals surface area contributed by atoms with Gasteiger partial charge in [-0.25, -0.2) is 0 Å². The zero-order valence-corrected chi connectivity index (χ0v) is 8.92. The molecule has 1 atom stereocenters. The van der Waals surface area contributed by atoms with Crippen molar-refractivity contribution in [3.8, 4) is 0 Å². The SMILES string of the molecule is CCOCC(C)OCCCCCN. The number of unbranched alkanes of at least 4 members (excludes halogenated alkanes) is 2. The molecule has 0 heterocycles. The molecule has 0 saturated carbocycles. The number of hydrogen-bond donors (Lipinski definition) is 1. The summed E-state index contributed by atoms with van der Waals surface area (Å²) in [5.74, 6) is 0. The molecule has 0 radical (unpaired) electrons. The third-order valence-electron chi connectivity index (χ3n) is 1.81. The molecular weight excluding hydrogens is 166 g/mol. The van der Waals surface area contributed by atoms with Crippen molar-refractivity contribution in [2.24, 2.45) is 5.73 Å². The molecule has 1 unspecified atom stereocenters. The molecule has 0 aliphatic rings. The molecule has 0 saturated heterocycles. The first kappa shape index (κ1) is 12.9. The predicted octanol–water partition coefficient (Wildman–Crippen LogP) is 1.56. The minimum atomic E-state index is 0.220. The Morgan fingerprint density at radius 2 is 2.00 bits per heavy atom. The Morgan fingerprint density at radius 1 is 1.23 bits per heavy atom. The van der Waals surface area contributed by atoms with Gasteiger partial charge in [0.1, 0.15) is 0 Å². The summed E-state index contributed by atoms with van der Waals surface area (Å²) < 4.78 is 10.8. The van der Waals surface area contributed by atoms with Crippen LogP contribution in [0.25, 0.3) is 0 Å². The summed E-state index contributed by atoms with van der Waals surface area (Å²) in [6.45, 7) is 7.11. The second-order valence-corrected chi connectivity index (χ2v) is 3.19. The van der Waals surface area contributed by atoms with Gasteiger partial charge in [-0.15, -0.1) is 0 Å². The first-order valence-corrected chi connectivity index (χ1v) is 5.20. The van der Waals surface area contributed by atoms with Gasteiger partial charge in [-0.2, -0.15) is 0 Å². The lowest BCUT2D eigenvalue weighted by molar-refractivity contribution is -0.00451. The van der Waals surface area contributed by atoms with Crippen LogP contribution in [0.15, 0.2) is 0 Å². The fraction of sp³-hybridized carbons (Fsp3) is 1.00. The summed E-state index contributed by atoms with van der Waals surface area (Å²) in [7, 11) is 0. The molecular formula is C10H23NO2. The van der Waals surface area contributed by atoms with Crippen LogP contribution >= 0.6 is 0 Å². The van der Waals surface area contributed by atoms with Crippen LogP contribution in [0.4, 0.5) is 0 Å². The van der Waals surface area contributed by atoms with Crippen LogP contribution in [0.5, 0.6) is 0 Å². The fourth-order valence-electron chi connectivity index (χ4n) is 1.04. The lowest BCUT2D eigenvalue weighted by atomic mass is 10.2. The van der Waals surface area contributed by atoms with Crippen molar-refractivity contribution in [2.75, 3.05) is 26.4 Å². The largest absolute Gasteiger partial charge is 0.379 e. The van der Waals surface area contributed by atoms with Gasteiger partial charge in [-0.05, 0) is 39.7 Å². The Hall–Kier alpha value is -0.120. The van der Waals surface area contributed by atoms with E-state index in [4.69, 9.17) is 15.2 Å². The highest BCUT2D eigenvalue weighted by atomic mass is 16.5. The highest BCUT2D eigenvalue weighted by Crippen LogP contribution is 1.98. The van der Waals surface area contributed by atoms with Crippen LogP contribution in [0.3, 0.4) is 0 Å². The molecule has 0 aromatic rings. The van der Waals surface area contributed by atoms with Crippen molar-refractivity contribution in [1.29, 1.82) is 0 Å². The molecule has 0 aromatic carbocycles. The third-order valence-corrected chi connectivity index (χ3v) is 1.81. The van der Waals surface area contributed by atoms with Gasteiger partial charge in [0, 0.05) is 13.2 Å². The van der Waals surface area contributed by atoms with Gasteiger partial charge in [-0.1, -0.05) is 0 Å². The summed E-state index contributed by atoms with van der Waals surface area (Å²) in [4.78, 5) is 0. The number of nitrogens with two attached hydrogens (primary N) is 1. The Bertz CT molecular complexity index is 98.9. The smallest absolute Gasteiger partial charge is 0.0780 e. The predicted molar refractivity (Wildman–Crippen MR) is 54.8 cm³/mol. The highest BCUT2D eigenvalue weighted by Gasteiger charge is 2.00. The van der Waals surface area contributed by atoms with Crippen LogP contribution in [0.2, 0.25) is 0 Å². The van der Waals surface area contributed by atoms with E-state index in [-0.39, 0.29) is 6.10 Å². The van der Waals surface area contributed by atoms with E-state index in [1.165, 1.54) is 0 Å². The highest BCUT2D eigenvalue weighted by molar-refractivity contribution is 4.48. The molecule has 3 heteroatoms. The van der Waals surface area contributed by atoms with Crippen molar-refractivity contribution >= 4 is 0 Å². The van der Waals surface area contributed by atoms with Gasteiger partial charge in [0.15, 0.2) is 0 Å². The fourth-order valence-corrected chi connectivity index (χ4v) is 1.04. The summed E-state index contributed by atoms with van der Waals surface area (Å²) in [6, 6.07) is 0. The minimum Gasteiger partial charge on any atom is -0.379 e. The van der Waals surface area contributed by atoms with Crippen molar-refractivity contribution in [2.45, 2.75) is 39.2 Å². The summed E-state index contributed by atoms with van der Waals surface area (Å²) >= 11 is 0. The molecule has 0 aromatic heterocycles. The van der Waals surface area contributed by atoms with E-state index in [0.717, 1.165) is 39.0 Å². The maximum atomic E-state index is 5.52. The molecule has 2 N–H and O–H groups in total. The van der Waals surface area contributed by atoms with E-state index >= 15 is 0 Å². The van der Waals surface area contributed by atoms with Crippen LogP contribution < -0.4 is 5.73 Å². The summed E-state index contributed by atoms with van der Waals surface area (Å²) in [5, 5.41) is 0. The maximum absolute atomic E-state index is 5.52. The second-order valence-electron chi connectivity index (χ2n) is 3.19. The molecule has 0 aliphatic carbocycles. The summed E-state index contributed by atoms with van der Waals surface area (Å²) in [5.41, 5.74) is 5.38. The summed E-state index contributed by atoms with van der Waals surface area (Å²) in [6.07, 6.45) is 3.59.